The Hall–Kier alpha value is -7.30. The molecule has 286 valence electrons. The number of benzene rings is 8. The standard InChI is InChI=1S/C56H44BN3/c1-39-33-40(2)35-49(34-39)60-53-28-16-27-52-56(53)57(51-32-30-48(38-55(51)60)58(45-22-11-5-12-23-45)46-24-13-6-14-25-46)50-31-29-44(42-19-9-4-10-20-42)37-54(50)59(52)47-26-15-21-43(36-47)41-17-7-3-8-18-41/h3-13,15-24,26-38H,14,25H2,1-2H3. The van der Waals surface area contributed by atoms with Crippen LogP contribution in [0.25, 0.3) is 22.3 Å². The average Bonchev–Trinajstić information content (AvgIpc) is 3.30. The second kappa shape index (κ2) is 14.8. The summed E-state index contributed by atoms with van der Waals surface area (Å²) >= 11 is 0. The number of para-hydroxylation sites is 1. The van der Waals surface area contributed by atoms with Gasteiger partial charge in [0.25, 0.3) is 6.71 Å². The van der Waals surface area contributed by atoms with Crippen molar-refractivity contribution in [2.75, 3.05) is 14.7 Å². The second-order valence-corrected chi connectivity index (χ2v) is 16.3. The maximum absolute atomic E-state index is 2.54. The Morgan fingerprint density at radius 2 is 1.03 bits per heavy atom. The highest BCUT2D eigenvalue weighted by Gasteiger charge is 2.43. The van der Waals surface area contributed by atoms with Crippen molar-refractivity contribution in [2.24, 2.45) is 0 Å². The fourth-order valence-corrected chi connectivity index (χ4v) is 9.79. The number of anilines is 8. The van der Waals surface area contributed by atoms with Crippen molar-refractivity contribution in [2.45, 2.75) is 26.7 Å². The Labute approximate surface area is 353 Å². The van der Waals surface area contributed by atoms with Crippen LogP contribution in [-0.4, -0.2) is 6.71 Å². The van der Waals surface area contributed by atoms with Gasteiger partial charge in [0.2, 0.25) is 0 Å². The molecule has 60 heavy (non-hydrogen) atoms. The smallest absolute Gasteiger partial charge is 0.252 e. The Morgan fingerprint density at radius 3 is 1.70 bits per heavy atom. The lowest BCUT2D eigenvalue weighted by Crippen LogP contribution is -2.61. The molecule has 0 amide bonds. The van der Waals surface area contributed by atoms with E-state index in [0.29, 0.717) is 0 Å². The van der Waals surface area contributed by atoms with E-state index in [1.54, 1.807) is 0 Å². The van der Waals surface area contributed by atoms with Crippen LogP contribution in [-0.2, 0) is 0 Å². The van der Waals surface area contributed by atoms with Crippen LogP contribution in [0.5, 0.6) is 0 Å². The second-order valence-electron chi connectivity index (χ2n) is 16.3. The molecule has 8 aromatic rings. The Balaban J connectivity index is 1.18. The molecule has 2 aliphatic heterocycles. The first-order valence-electron chi connectivity index (χ1n) is 21.1. The van der Waals surface area contributed by atoms with Crippen molar-refractivity contribution >= 4 is 68.6 Å². The first kappa shape index (κ1) is 35.8. The highest BCUT2D eigenvalue weighted by atomic mass is 15.2. The van der Waals surface area contributed by atoms with Crippen LogP contribution in [0, 0.1) is 13.8 Å². The van der Waals surface area contributed by atoms with Gasteiger partial charge in [0.1, 0.15) is 0 Å². The molecule has 0 aromatic heterocycles. The molecule has 0 unspecified atom stereocenters. The third kappa shape index (κ3) is 6.15. The molecule has 0 fully saturated rings. The normalized spacial score (nSPS) is 13.6. The monoisotopic (exact) mass is 769 g/mol. The van der Waals surface area contributed by atoms with Crippen LogP contribution in [0.2, 0.25) is 0 Å². The highest BCUT2D eigenvalue weighted by molar-refractivity contribution is 7.00. The van der Waals surface area contributed by atoms with Crippen molar-refractivity contribution in [3.05, 3.63) is 223 Å². The van der Waals surface area contributed by atoms with Crippen molar-refractivity contribution in [3.63, 3.8) is 0 Å². The summed E-state index contributed by atoms with van der Waals surface area (Å²) in [5.74, 6) is 0. The molecule has 11 rings (SSSR count). The fraction of sp³-hybridized carbons (Fsp3) is 0.0714. The zero-order valence-electron chi connectivity index (χ0n) is 34.0. The minimum absolute atomic E-state index is 0.0118. The summed E-state index contributed by atoms with van der Waals surface area (Å²) in [5, 5.41) is 0. The molecular weight excluding hydrogens is 725 g/mol. The van der Waals surface area contributed by atoms with Crippen LogP contribution < -0.4 is 31.1 Å². The zero-order chi connectivity index (χ0) is 40.2. The van der Waals surface area contributed by atoms with Gasteiger partial charge in [-0.3, -0.25) is 0 Å². The number of hydrogen-bond donors (Lipinski definition) is 0. The lowest BCUT2D eigenvalue weighted by Gasteiger charge is -2.44. The molecule has 0 spiro atoms. The summed E-state index contributed by atoms with van der Waals surface area (Å²) in [7, 11) is 0. The first-order chi connectivity index (χ1) is 29.6. The molecule has 0 bridgehead atoms. The maximum atomic E-state index is 2.54. The zero-order valence-corrected chi connectivity index (χ0v) is 34.0. The third-order valence-corrected chi connectivity index (χ3v) is 12.3. The van der Waals surface area contributed by atoms with E-state index in [9.17, 15) is 0 Å². The minimum atomic E-state index is 0.0118. The van der Waals surface area contributed by atoms with E-state index in [1.165, 1.54) is 89.6 Å². The molecule has 0 radical (unpaired) electrons. The number of aryl methyl sites for hydroxylation is 2. The fourth-order valence-electron chi connectivity index (χ4n) is 9.79. The molecule has 0 saturated carbocycles. The molecule has 8 aromatic carbocycles. The molecule has 1 aliphatic carbocycles. The largest absolute Gasteiger partial charge is 0.314 e. The quantitative estimate of drug-likeness (QED) is 0.150. The minimum Gasteiger partial charge on any atom is -0.314 e. The van der Waals surface area contributed by atoms with Gasteiger partial charge in [-0.05, 0) is 149 Å². The third-order valence-electron chi connectivity index (χ3n) is 12.3. The summed E-state index contributed by atoms with van der Waals surface area (Å²) < 4.78 is 0. The predicted molar refractivity (Wildman–Crippen MR) is 256 cm³/mol. The Morgan fingerprint density at radius 1 is 0.450 bits per heavy atom. The summed E-state index contributed by atoms with van der Waals surface area (Å²) in [6.07, 6.45) is 8.76. The van der Waals surface area contributed by atoms with Gasteiger partial charge in [-0.2, -0.15) is 0 Å². The van der Waals surface area contributed by atoms with E-state index in [4.69, 9.17) is 0 Å². The lowest BCUT2D eigenvalue weighted by atomic mass is 9.33. The molecule has 0 saturated heterocycles. The first-order valence-corrected chi connectivity index (χ1v) is 21.1. The van der Waals surface area contributed by atoms with Crippen LogP contribution in [0.1, 0.15) is 24.0 Å². The summed E-state index contributed by atoms with van der Waals surface area (Å²) in [5.41, 5.74) is 22.0. The van der Waals surface area contributed by atoms with Crippen molar-refractivity contribution in [1.82, 2.24) is 0 Å². The number of fused-ring (bicyclic) bond motifs is 4. The van der Waals surface area contributed by atoms with Gasteiger partial charge < -0.3 is 14.7 Å². The van der Waals surface area contributed by atoms with Gasteiger partial charge in [0.15, 0.2) is 0 Å². The van der Waals surface area contributed by atoms with Gasteiger partial charge in [-0.1, -0.05) is 133 Å². The predicted octanol–water partition coefficient (Wildman–Crippen LogP) is 13.1. The molecule has 4 heteroatoms. The van der Waals surface area contributed by atoms with E-state index >= 15 is 0 Å². The Kier molecular flexibility index (Phi) is 8.85. The van der Waals surface area contributed by atoms with Crippen LogP contribution >= 0.6 is 0 Å². The van der Waals surface area contributed by atoms with Crippen LogP contribution in [0.15, 0.2) is 212 Å². The number of nitrogens with zero attached hydrogens (tertiary/aromatic N) is 3. The molecule has 3 aliphatic rings. The highest BCUT2D eigenvalue weighted by Crippen LogP contribution is 2.47. The molecule has 2 heterocycles. The van der Waals surface area contributed by atoms with Crippen molar-refractivity contribution in [1.29, 1.82) is 0 Å². The van der Waals surface area contributed by atoms with Gasteiger partial charge >= 0.3 is 0 Å². The average molecular weight is 770 g/mol. The lowest BCUT2D eigenvalue weighted by molar-refractivity contribution is 0.917. The summed E-state index contributed by atoms with van der Waals surface area (Å²) in [4.78, 5) is 7.51. The SMILES string of the molecule is Cc1cc(C)cc(N2c3cc(N(C4=CC=CCC4)c4ccccc4)ccc3B3c4ccc(-c5ccccc5)cc4N(c4cccc(-c5ccccc5)c4)c4cccc2c43)c1. The topological polar surface area (TPSA) is 9.72 Å². The number of hydrogen-bond acceptors (Lipinski definition) is 3. The van der Waals surface area contributed by atoms with Gasteiger partial charge in [-0.15, -0.1) is 0 Å². The van der Waals surface area contributed by atoms with Crippen molar-refractivity contribution in [3.8, 4) is 22.3 Å². The molecular formula is C56H44BN3. The molecule has 3 nitrogen and oxygen atoms in total. The van der Waals surface area contributed by atoms with E-state index in [2.05, 4.69) is 235 Å². The maximum Gasteiger partial charge on any atom is 0.252 e. The molecule has 0 N–H and O–H groups in total. The van der Waals surface area contributed by atoms with E-state index < -0.39 is 0 Å². The van der Waals surface area contributed by atoms with E-state index in [-0.39, 0.29) is 6.71 Å². The van der Waals surface area contributed by atoms with E-state index in [0.717, 1.165) is 24.2 Å². The summed E-state index contributed by atoms with van der Waals surface area (Å²) in [6.45, 7) is 4.44. The van der Waals surface area contributed by atoms with Crippen LogP contribution in [0.4, 0.5) is 45.5 Å². The van der Waals surface area contributed by atoms with E-state index in [1.807, 2.05) is 0 Å². The Bertz CT molecular complexity index is 2950. The van der Waals surface area contributed by atoms with Gasteiger partial charge in [0.05, 0.1) is 0 Å². The number of rotatable bonds is 7. The van der Waals surface area contributed by atoms with Crippen LogP contribution in [0.3, 0.4) is 0 Å². The molecule has 0 atom stereocenters. The summed E-state index contributed by atoms with van der Waals surface area (Å²) in [6, 6.07) is 69.6. The van der Waals surface area contributed by atoms with Gasteiger partial charge in [-0.25, -0.2) is 0 Å². The van der Waals surface area contributed by atoms with Crippen molar-refractivity contribution < 1.29 is 0 Å². The van der Waals surface area contributed by atoms with Gasteiger partial charge in [0, 0.05) is 51.2 Å². The number of allylic oxidation sites excluding steroid dienone is 4.